The lowest BCUT2D eigenvalue weighted by atomic mass is 10.0. The maximum Gasteiger partial charge on any atom is 0.243 e. The molecular formula is C13H18BrNO3S. The van der Waals surface area contributed by atoms with E-state index in [9.17, 15) is 8.42 Å². The van der Waals surface area contributed by atoms with Gasteiger partial charge in [-0.05, 0) is 52.9 Å². The van der Waals surface area contributed by atoms with Crippen LogP contribution in [0.25, 0.3) is 0 Å². The topological polar surface area (TPSA) is 46.6 Å². The summed E-state index contributed by atoms with van der Waals surface area (Å²) < 4.78 is 32.5. The highest BCUT2D eigenvalue weighted by molar-refractivity contribution is 9.10. The van der Waals surface area contributed by atoms with Gasteiger partial charge in [0, 0.05) is 13.1 Å². The van der Waals surface area contributed by atoms with Crippen LogP contribution >= 0.6 is 15.9 Å². The summed E-state index contributed by atoms with van der Waals surface area (Å²) in [6, 6.07) is 4.87. The molecule has 1 fully saturated rings. The molecule has 1 heterocycles. The van der Waals surface area contributed by atoms with E-state index in [0.29, 0.717) is 34.1 Å². The quantitative estimate of drug-likeness (QED) is 0.844. The third kappa shape index (κ3) is 3.12. The van der Waals surface area contributed by atoms with E-state index in [1.54, 1.807) is 29.6 Å². The lowest BCUT2D eigenvalue weighted by molar-refractivity contribution is 0.281. The van der Waals surface area contributed by atoms with Crippen molar-refractivity contribution in [1.82, 2.24) is 4.31 Å². The average Bonchev–Trinajstić information content (AvgIpc) is 2.38. The third-order valence-electron chi connectivity index (χ3n) is 3.38. The van der Waals surface area contributed by atoms with Crippen molar-refractivity contribution in [2.24, 2.45) is 5.92 Å². The predicted molar refractivity (Wildman–Crippen MR) is 77.9 cm³/mol. The number of sulfonamides is 1. The van der Waals surface area contributed by atoms with E-state index in [1.165, 1.54) is 0 Å². The fraction of sp³-hybridized carbons (Fsp3) is 0.538. The van der Waals surface area contributed by atoms with Crippen LogP contribution in [0.2, 0.25) is 0 Å². The standard InChI is InChI=1S/C13H18BrNO3S/c1-10-4-3-7-15(9-10)19(16,17)11-5-6-13(18-2)12(14)8-11/h5-6,8,10H,3-4,7,9H2,1-2H3/t10-/m1/s1. The fourth-order valence-corrected chi connectivity index (χ4v) is 4.64. The lowest BCUT2D eigenvalue weighted by Crippen LogP contribution is -2.39. The average molecular weight is 348 g/mol. The molecule has 6 heteroatoms. The smallest absolute Gasteiger partial charge is 0.243 e. The van der Waals surface area contributed by atoms with Crippen LogP contribution in [0.3, 0.4) is 0 Å². The van der Waals surface area contributed by atoms with Gasteiger partial charge in [0.05, 0.1) is 16.5 Å². The van der Waals surface area contributed by atoms with Crippen molar-refractivity contribution in [3.8, 4) is 5.75 Å². The second-order valence-corrected chi connectivity index (χ2v) is 7.70. The molecule has 0 spiro atoms. The second-order valence-electron chi connectivity index (χ2n) is 4.91. The molecule has 1 aliphatic rings. The van der Waals surface area contributed by atoms with Crippen molar-refractivity contribution in [3.63, 3.8) is 0 Å². The Morgan fingerprint density at radius 2 is 2.16 bits per heavy atom. The van der Waals surface area contributed by atoms with Crippen LogP contribution in [0.4, 0.5) is 0 Å². The first-order valence-electron chi connectivity index (χ1n) is 6.29. The summed E-state index contributed by atoms with van der Waals surface area (Å²) in [5.74, 6) is 1.05. The zero-order valence-corrected chi connectivity index (χ0v) is 13.5. The van der Waals surface area contributed by atoms with Gasteiger partial charge in [-0.2, -0.15) is 4.31 Å². The van der Waals surface area contributed by atoms with Gasteiger partial charge in [0.25, 0.3) is 0 Å². The molecule has 0 bridgehead atoms. The summed E-state index contributed by atoms with van der Waals surface area (Å²) in [7, 11) is -1.84. The molecule has 1 aromatic carbocycles. The lowest BCUT2D eigenvalue weighted by Gasteiger charge is -2.30. The summed E-state index contributed by atoms with van der Waals surface area (Å²) in [5, 5.41) is 0. The van der Waals surface area contributed by atoms with Crippen LogP contribution in [0.15, 0.2) is 27.6 Å². The summed E-state index contributed by atoms with van der Waals surface area (Å²) in [6.07, 6.45) is 2.02. The van der Waals surface area contributed by atoms with Gasteiger partial charge >= 0.3 is 0 Å². The number of methoxy groups -OCH3 is 1. The number of halogens is 1. The van der Waals surface area contributed by atoms with Gasteiger partial charge in [-0.25, -0.2) is 8.42 Å². The molecule has 1 atom stereocenters. The molecule has 0 aromatic heterocycles. The number of rotatable bonds is 3. The highest BCUT2D eigenvalue weighted by Gasteiger charge is 2.28. The van der Waals surface area contributed by atoms with Crippen LogP contribution < -0.4 is 4.74 Å². The normalized spacial score (nSPS) is 21.3. The van der Waals surface area contributed by atoms with E-state index in [0.717, 1.165) is 12.8 Å². The molecule has 19 heavy (non-hydrogen) atoms. The van der Waals surface area contributed by atoms with Crippen molar-refractivity contribution < 1.29 is 13.2 Å². The molecule has 0 amide bonds. The highest BCUT2D eigenvalue weighted by Crippen LogP contribution is 2.30. The Kier molecular flexibility index (Phi) is 4.53. The van der Waals surface area contributed by atoms with Gasteiger partial charge in [0.1, 0.15) is 5.75 Å². The molecule has 4 nitrogen and oxygen atoms in total. The number of nitrogens with zero attached hydrogens (tertiary/aromatic N) is 1. The van der Waals surface area contributed by atoms with Crippen LogP contribution in [-0.4, -0.2) is 32.9 Å². The number of ether oxygens (including phenoxy) is 1. The van der Waals surface area contributed by atoms with E-state index in [4.69, 9.17) is 4.74 Å². The first-order chi connectivity index (χ1) is 8.95. The maximum atomic E-state index is 12.5. The largest absolute Gasteiger partial charge is 0.496 e. The SMILES string of the molecule is COc1ccc(S(=O)(=O)N2CCC[C@@H](C)C2)cc1Br. The second kappa shape index (κ2) is 5.81. The summed E-state index contributed by atoms with van der Waals surface area (Å²) >= 11 is 3.33. The third-order valence-corrected chi connectivity index (χ3v) is 5.86. The number of hydrogen-bond acceptors (Lipinski definition) is 3. The van der Waals surface area contributed by atoms with Gasteiger partial charge in [0.2, 0.25) is 10.0 Å². The van der Waals surface area contributed by atoms with Crippen LogP contribution in [-0.2, 0) is 10.0 Å². The zero-order chi connectivity index (χ0) is 14.0. The van der Waals surface area contributed by atoms with Gasteiger partial charge in [-0.3, -0.25) is 0 Å². The minimum atomic E-state index is -3.39. The molecule has 1 aromatic rings. The maximum absolute atomic E-state index is 12.5. The summed E-state index contributed by atoms with van der Waals surface area (Å²) in [6.45, 7) is 3.30. The molecular weight excluding hydrogens is 330 g/mol. The van der Waals surface area contributed by atoms with Gasteiger partial charge in [-0.1, -0.05) is 6.92 Å². The van der Waals surface area contributed by atoms with Crippen LogP contribution in [0, 0.1) is 5.92 Å². The number of benzene rings is 1. The first kappa shape index (κ1) is 14.8. The fourth-order valence-electron chi connectivity index (χ4n) is 2.32. The Labute approximate surface area is 122 Å². The number of piperidine rings is 1. The van der Waals surface area contributed by atoms with Crippen molar-refractivity contribution >= 4 is 26.0 Å². The summed E-state index contributed by atoms with van der Waals surface area (Å²) in [4.78, 5) is 0.314. The molecule has 0 aliphatic carbocycles. The van der Waals surface area contributed by atoms with Gasteiger partial charge in [0.15, 0.2) is 0 Å². The van der Waals surface area contributed by atoms with Gasteiger partial charge < -0.3 is 4.74 Å². The molecule has 2 rings (SSSR count). The van der Waals surface area contributed by atoms with Crippen molar-refractivity contribution in [1.29, 1.82) is 0 Å². The van der Waals surface area contributed by atoms with E-state index < -0.39 is 10.0 Å². The summed E-state index contributed by atoms with van der Waals surface area (Å²) in [5.41, 5.74) is 0. The minimum Gasteiger partial charge on any atom is -0.496 e. The Bertz CT molecular complexity index is 559. The van der Waals surface area contributed by atoms with Gasteiger partial charge in [-0.15, -0.1) is 0 Å². The molecule has 0 saturated carbocycles. The van der Waals surface area contributed by atoms with E-state index in [-0.39, 0.29) is 0 Å². The Hall–Kier alpha value is -0.590. The molecule has 1 saturated heterocycles. The highest BCUT2D eigenvalue weighted by atomic mass is 79.9. The monoisotopic (exact) mass is 347 g/mol. The minimum absolute atomic E-state index is 0.314. The molecule has 0 N–H and O–H groups in total. The Morgan fingerprint density at radius 3 is 2.74 bits per heavy atom. The van der Waals surface area contributed by atoms with Crippen LogP contribution in [0.1, 0.15) is 19.8 Å². The number of hydrogen-bond donors (Lipinski definition) is 0. The van der Waals surface area contributed by atoms with E-state index in [1.807, 2.05) is 0 Å². The van der Waals surface area contributed by atoms with E-state index >= 15 is 0 Å². The van der Waals surface area contributed by atoms with E-state index in [2.05, 4.69) is 22.9 Å². The van der Waals surface area contributed by atoms with Crippen molar-refractivity contribution in [3.05, 3.63) is 22.7 Å². The predicted octanol–water partition coefficient (Wildman–Crippen LogP) is 2.88. The van der Waals surface area contributed by atoms with Crippen molar-refractivity contribution in [2.75, 3.05) is 20.2 Å². The molecule has 0 radical (unpaired) electrons. The molecule has 0 unspecified atom stereocenters. The molecule has 1 aliphatic heterocycles. The zero-order valence-electron chi connectivity index (χ0n) is 11.1. The Morgan fingerprint density at radius 1 is 1.42 bits per heavy atom. The van der Waals surface area contributed by atoms with Crippen LogP contribution in [0.5, 0.6) is 5.75 Å². The Balaban J connectivity index is 2.31. The van der Waals surface area contributed by atoms with Crippen molar-refractivity contribution in [2.45, 2.75) is 24.7 Å². The first-order valence-corrected chi connectivity index (χ1v) is 8.52. The molecule has 106 valence electrons.